The van der Waals surface area contributed by atoms with Gasteiger partial charge >= 0.3 is 6.18 Å². The lowest BCUT2D eigenvalue weighted by Gasteiger charge is -2.10. The van der Waals surface area contributed by atoms with Crippen LogP contribution in [-0.2, 0) is 6.18 Å². The monoisotopic (exact) mass is 423 g/mol. The van der Waals surface area contributed by atoms with E-state index in [1.807, 2.05) is 6.07 Å². The summed E-state index contributed by atoms with van der Waals surface area (Å²) in [6.07, 6.45) is 1.10. The van der Waals surface area contributed by atoms with Gasteiger partial charge in [0.25, 0.3) is 0 Å². The number of aryl methyl sites for hydroxylation is 1. The second-order valence-electron chi connectivity index (χ2n) is 6.52. The predicted octanol–water partition coefficient (Wildman–Crippen LogP) is 5.86. The van der Waals surface area contributed by atoms with Crippen LogP contribution >= 0.6 is 11.8 Å². The van der Waals surface area contributed by atoms with Crippen LogP contribution in [-0.4, -0.2) is 17.3 Å². The number of ether oxygens (including phenoxy) is 1. The fourth-order valence-electron chi connectivity index (χ4n) is 2.77. The van der Waals surface area contributed by atoms with Gasteiger partial charge in [-0.3, -0.25) is 9.78 Å². The lowest BCUT2D eigenvalue weighted by molar-refractivity contribution is -0.137. The Hall–Kier alpha value is -2.48. The van der Waals surface area contributed by atoms with Crippen molar-refractivity contribution in [1.29, 1.82) is 0 Å². The summed E-state index contributed by atoms with van der Waals surface area (Å²) in [6.45, 7) is 2.13. The summed E-state index contributed by atoms with van der Waals surface area (Å²) in [5, 5.41) is 0.722. The minimum Gasteiger partial charge on any atom is -0.487 e. The molecular weight excluding hydrogens is 403 g/mol. The molecule has 0 aliphatic rings. The number of alkyl halides is 3. The van der Waals surface area contributed by atoms with Crippen LogP contribution in [0.15, 0.2) is 56.9 Å². The van der Waals surface area contributed by atoms with E-state index in [0.717, 1.165) is 47.4 Å². The summed E-state index contributed by atoms with van der Waals surface area (Å²) in [7, 11) is 0. The maximum absolute atomic E-state index is 12.8. The number of hydrogen-bond donors (Lipinski definition) is 0. The van der Waals surface area contributed by atoms with Crippen molar-refractivity contribution in [3.63, 3.8) is 0 Å². The smallest absolute Gasteiger partial charge is 0.416 e. The van der Waals surface area contributed by atoms with Crippen LogP contribution in [0.3, 0.4) is 0 Å². The first-order valence-electron chi connectivity index (χ1n) is 9.15. The third-order valence-corrected chi connectivity index (χ3v) is 5.42. The lowest BCUT2D eigenvalue weighted by Crippen LogP contribution is -2.08. The van der Waals surface area contributed by atoms with Gasteiger partial charge in [0.2, 0.25) is 11.2 Å². The fraction of sp³-hybridized carbons (Fsp3) is 0.333. The number of fused-ring (bicyclic) bond motifs is 1. The number of pyridine rings is 1. The number of hydrogen-bond acceptors (Lipinski definition) is 5. The highest BCUT2D eigenvalue weighted by Crippen LogP contribution is 2.33. The third-order valence-electron chi connectivity index (χ3n) is 4.26. The average Bonchev–Trinajstić information content (AvgIpc) is 2.67. The molecule has 0 aliphatic heterocycles. The lowest BCUT2D eigenvalue weighted by atomic mass is 10.1. The summed E-state index contributed by atoms with van der Waals surface area (Å²) in [5.74, 6) is 1.58. The third kappa shape index (κ3) is 5.76. The van der Waals surface area contributed by atoms with Crippen LogP contribution in [0.5, 0.6) is 5.75 Å². The van der Waals surface area contributed by atoms with Crippen molar-refractivity contribution in [2.75, 3.05) is 12.4 Å². The molecule has 1 aromatic carbocycles. The minimum absolute atomic E-state index is 0.192. The van der Waals surface area contributed by atoms with Crippen molar-refractivity contribution in [3.8, 4) is 5.75 Å². The van der Waals surface area contributed by atoms with Crippen molar-refractivity contribution >= 4 is 22.7 Å². The van der Waals surface area contributed by atoms with Gasteiger partial charge in [-0.05, 0) is 50.1 Å². The van der Waals surface area contributed by atoms with Crippen LogP contribution < -0.4 is 10.2 Å². The summed E-state index contributed by atoms with van der Waals surface area (Å²) in [4.78, 5) is 16.7. The molecule has 2 heterocycles. The van der Waals surface area contributed by atoms with E-state index in [0.29, 0.717) is 17.9 Å². The fourth-order valence-corrected chi connectivity index (χ4v) is 3.82. The van der Waals surface area contributed by atoms with E-state index in [1.54, 1.807) is 18.7 Å². The molecule has 0 saturated heterocycles. The van der Waals surface area contributed by atoms with E-state index in [1.165, 1.54) is 24.6 Å². The molecule has 0 bridgehead atoms. The number of rotatable bonds is 8. The van der Waals surface area contributed by atoms with Crippen LogP contribution in [0.2, 0.25) is 0 Å². The number of nitrogens with zero attached hydrogens (tertiary/aromatic N) is 1. The van der Waals surface area contributed by atoms with Gasteiger partial charge in [-0.1, -0.05) is 6.07 Å². The Morgan fingerprint density at radius 1 is 1.14 bits per heavy atom. The highest BCUT2D eigenvalue weighted by Gasteiger charge is 2.30. The van der Waals surface area contributed by atoms with Crippen molar-refractivity contribution in [1.82, 2.24) is 4.98 Å². The van der Waals surface area contributed by atoms with Crippen molar-refractivity contribution < 1.29 is 22.3 Å². The molecule has 0 fully saturated rings. The maximum Gasteiger partial charge on any atom is 0.416 e. The normalized spacial score (nSPS) is 11.7. The average molecular weight is 423 g/mol. The molecule has 29 heavy (non-hydrogen) atoms. The van der Waals surface area contributed by atoms with E-state index in [2.05, 4.69) is 4.98 Å². The van der Waals surface area contributed by atoms with E-state index >= 15 is 0 Å². The van der Waals surface area contributed by atoms with Gasteiger partial charge in [0.15, 0.2) is 0 Å². The Morgan fingerprint density at radius 2 is 1.97 bits per heavy atom. The van der Waals surface area contributed by atoms with Crippen LogP contribution in [0.1, 0.15) is 30.6 Å². The van der Waals surface area contributed by atoms with E-state index in [-0.39, 0.29) is 11.2 Å². The van der Waals surface area contributed by atoms with E-state index in [4.69, 9.17) is 9.15 Å². The maximum atomic E-state index is 12.8. The molecule has 0 radical (unpaired) electrons. The Kier molecular flexibility index (Phi) is 6.84. The molecule has 3 rings (SSSR count). The van der Waals surface area contributed by atoms with Gasteiger partial charge in [0.1, 0.15) is 12.0 Å². The molecule has 4 nitrogen and oxygen atoms in total. The summed E-state index contributed by atoms with van der Waals surface area (Å²) in [5.41, 5.74) is -0.542. The van der Waals surface area contributed by atoms with Crippen LogP contribution in [0.25, 0.3) is 10.9 Å². The Bertz CT molecular complexity index is 1030. The summed E-state index contributed by atoms with van der Waals surface area (Å²) in [6, 6.07) is 6.86. The largest absolute Gasteiger partial charge is 0.487 e. The number of unbranched alkanes of at least 4 members (excludes halogenated alkanes) is 2. The Morgan fingerprint density at radius 3 is 2.72 bits per heavy atom. The SMILES string of the molecule is Cc1cc(=O)c(OCCCCCSc2ccnc3cc(C(F)(F)F)ccc23)co1. The topological polar surface area (TPSA) is 52.3 Å². The van der Waals surface area contributed by atoms with E-state index < -0.39 is 11.7 Å². The van der Waals surface area contributed by atoms with Gasteiger partial charge in [0.05, 0.1) is 17.7 Å². The van der Waals surface area contributed by atoms with Gasteiger partial charge in [0, 0.05) is 22.5 Å². The second kappa shape index (κ2) is 9.35. The summed E-state index contributed by atoms with van der Waals surface area (Å²) >= 11 is 1.59. The van der Waals surface area contributed by atoms with Crippen molar-refractivity contribution in [2.45, 2.75) is 37.3 Å². The van der Waals surface area contributed by atoms with Gasteiger partial charge < -0.3 is 9.15 Å². The molecule has 3 aromatic rings. The van der Waals surface area contributed by atoms with Gasteiger partial charge in [-0.15, -0.1) is 11.8 Å². The molecule has 154 valence electrons. The highest BCUT2D eigenvalue weighted by molar-refractivity contribution is 7.99. The standard InChI is InChI=1S/C21H20F3NO3S/c1-14-11-18(26)19(13-28-14)27-9-3-2-4-10-29-20-7-8-25-17-12-15(21(22,23)24)5-6-16(17)20/h5-8,11-13H,2-4,9-10H2,1H3. The molecule has 0 saturated carbocycles. The Labute approximate surface area is 170 Å². The molecule has 0 spiro atoms. The first-order chi connectivity index (χ1) is 13.8. The predicted molar refractivity (Wildman–Crippen MR) is 107 cm³/mol. The number of halogens is 3. The molecule has 0 atom stereocenters. The van der Waals surface area contributed by atoms with E-state index in [9.17, 15) is 18.0 Å². The molecule has 2 aromatic heterocycles. The number of aromatic nitrogens is 1. The van der Waals surface area contributed by atoms with Crippen LogP contribution in [0, 0.1) is 6.92 Å². The summed E-state index contributed by atoms with van der Waals surface area (Å²) < 4.78 is 49.1. The van der Waals surface area contributed by atoms with Crippen LogP contribution in [0.4, 0.5) is 13.2 Å². The van der Waals surface area contributed by atoms with Crippen molar-refractivity contribution in [3.05, 3.63) is 64.3 Å². The molecule has 8 heteroatoms. The number of benzene rings is 1. The Balaban J connectivity index is 1.46. The zero-order valence-corrected chi connectivity index (χ0v) is 16.6. The van der Waals surface area contributed by atoms with Gasteiger partial charge in [-0.25, -0.2) is 0 Å². The number of thioether (sulfide) groups is 1. The van der Waals surface area contributed by atoms with Crippen molar-refractivity contribution in [2.24, 2.45) is 0 Å². The van der Waals surface area contributed by atoms with Gasteiger partial charge in [-0.2, -0.15) is 13.2 Å². The zero-order valence-electron chi connectivity index (χ0n) is 15.8. The first kappa shape index (κ1) is 21.2. The molecule has 0 unspecified atom stereocenters. The minimum atomic E-state index is -4.37. The second-order valence-corrected chi connectivity index (χ2v) is 7.65. The molecule has 0 aliphatic carbocycles. The quantitative estimate of drug-likeness (QED) is 0.336. The molecule has 0 amide bonds. The molecule has 0 N–H and O–H groups in total. The zero-order chi connectivity index (χ0) is 20.9. The molecular formula is C21H20F3NO3S. The highest BCUT2D eigenvalue weighted by atomic mass is 32.2. The first-order valence-corrected chi connectivity index (χ1v) is 10.1.